The van der Waals surface area contributed by atoms with Gasteiger partial charge in [-0.15, -0.1) is 10.2 Å². The van der Waals surface area contributed by atoms with E-state index in [4.69, 9.17) is 9.15 Å². The fraction of sp³-hybridized carbons (Fsp3) is 0.257. The van der Waals surface area contributed by atoms with Gasteiger partial charge in [-0.2, -0.15) is 0 Å². The van der Waals surface area contributed by atoms with Gasteiger partial charge in [-0.3, -0.25) is 9.78 Å². The van der Waals surface area contributed by atoms with E-state index in [2.05, 4.69) is 31.1 Å². The second-order valence-corrected chi connectivity index (χ2v) is 12.3. The maximum absolute atomic E-state index is 15.3. The summed E-state index contributed by atoms with van der Waals surface area (Å²) < 4.78 is 54.5. The molecule has 0 spiro atoms. The summed E-state index contributed by atoms with van der Waals surface area (Å²) in [7, 11) is 0. The molecule has 3 aromatic carbocycles. The third kappa shape index (κ3) is 9.00. The largest absolute Gasteiger partial charge is 0.411 e. The number of thioether (sulfide) groups is 1. The molecule has 6 rings (SSSR count). The van der Waals surface area contributed by atoms with Crippen molar-refractivity contribution in [2.24, 2.45) is 0 Å². The Hall–Kier alpha value is -4.72. The van der Waals surface area contributed by atoms with Gasteiger partial charge in [-0.05, 0) is 79.1 Å². The number of morpholine rings is 1. The van der Waals surface area contributed by atoms with E-state index in [9.17, 15) is 13.6 Å². The van der Waals surface area contributed by atoms with E-state index in [0.717, 1.165) is 5.56 Å². The van der Waals surface area contributed by atoms with Gasteiger partial charge in [-0.1, -0.05) is 30.0 Å². The number of halogens is 3. The first-order valence-electron chi connectivity index (χ1n) is 15.5. The Kier molecular flexibility index (Phi) is 11.0. The number of hydrogen-bond acceptors (Lipinski definition) is 9. The van der Waals surface area contributed by atoms with Crippen molar-refractivity contribution < 1.29 is 27.1 Å². The molecule has 3 heterocycles. The summed E-state index contributed by atoms with van der Waals surface area (Å²) in [6.07, 6.45) is 4.09. The molecule has 13 heteroatoms. The van der Waals surface area contributed by atoms with Crippen molar-refractivity contribution in [3.63, 3.8) is 0 Å². The van der Waals surface area contributed by atoms with E-state index in [1.807, 2.05) is 0 Å². The zero-order valence-corrected chi connectivity index (χ0v) is 26.6. The molecule has 248 valence electrons. The lowest BCUT2D eigenvalue weighted by molar-refractivity contribution is -0.116. The predicted octanol–water partition coefficient (Wildman–Crippen LogP) is 6.29. The van der Waals surface area contributed by atoms with E-state index < -0.39 is 29.4 Å². The first-order valence-corrected chi connectivity index (χ1v) is 16.5. The van der Waals surface area contributed by atoms with Crippen molar-refractivity contribution in [3.05, 3.63) is 120 Å². The average Bonchev–Trinajstić information content (AvgIpc) is 3.58. The van der Waals surface area contributed by atoms with Crippen LogP contribution in [-0.2, 0) is 22.4 Å². The molecular formula is C35H33F3N6O3S. The summed E-state index contributed by atoms with van der Waals surface area (Å²) in [5, 5.41) is 18.1. The normalized spacial score (nSPS) is 16.7. The topological polar surface area (TPSA) is 114 Å². The third-order valence-corrected chi connectivity index (χ3v) is 8.75. The first-order chi connectivity index (χ1) is 23.4. The number of carbonyl (C=O) groups is 1. The Balaban J connectivity index is 1.09. The highest BCUT2D eigenvalue weighted by Gasteiger charge is 2.25. The number of anilines is 2. The fourth-order valence-electron chi connectivity index (χ4n) is 5.35. The van der Waals surface area contributed by atoms with Crippen LogP contribution in [0, 0.1) is 17.5 Å². The summed E-state index contributed by atoms with van der Waals surface area (Å²) in [6.45, 7) is 1.26. The van der Waals surface area contributed by atoms with Crippen molar-refractivity contribution in [3.8, 4) is 11.5 Å². The molecule has 1 fully saturated rings. The van der Waals surface area contributed by atoms with Crippen LogP contribution in [0.4, 0.5) is 24.5 Å². The Morgan fingerprint density at radius 3 is 2.42 bits per heavy atom. The summed E-state index contributed by atoms with van der Waals surface area (Å²) in [5.74, 6) is -0.628. The SMILES string of the molecule is O=C(Nc1ccc(F)cc1)[C@H](Cc1ccc(F)cc1)Nc1cccc(F)c1CC[C@@H]1CNC[C@@H](CSc2nnc(-c3ccncc3)o2)O1. The van der Waals surface area contributed by atoms with Crippen molar-refractivity contribution in [2.75, 3.05) is 29.5 Å². The zero-order valence-electron chi connectivity index (χ0n) is 25.7. The highest BCUT2D eigenvalue weighted by molar-refractivity contribution is 7.99. The Labute approximate surface area is 279 Å². The minimum atomic E-state index is -0.848. The van der Waals surface area contributed by atoms with E-state index in [1.165, 1.54) is 54.2 Å². The predicted molar refractivity (Wildman–Crippen MR) is 177 cm³/mol. The second-order valence-electron chi connectivity index (χ2n) is 11.3. The number of aromatic nitrogens is 3. The van der Waals surface area contributed by atoms with Gasteiger partial charge < -0.3 is 25.1 Å². The van der Waals surface area contributed by atoms with Gasteiger partial charge >= 0.3 is 0 Å². The summed E-state index contributed by atoms with van der Waals surface area (Å²) in [6, 6.07) is 18.7. The third-order valence-electron chi connectivity index (χ3n) is 7.80. The van der Waals surface area contributed by atoms with Crippen LogP contribution in [0.5, 0.6) is 0 Å². The number of benzene rings is 3. The lowest BCUT2D eigenvalue weighted by Gasteiger charge is -2.31. The molecule has 0 bridgehead atoms. The van der Waals surface area contributed by atoms with Crippen LogP contribution in [0.15, 0.2) is 101 Å². The van der Waals surface area contributed by atoms with E-state index in [1.54, 1.807) is 48.8 Å². The van der Waals surface area contributed by atoms with Gasteiger partial charge in [0.1, 0.15) is 23.5 Å². The van der Waals surface area contributed by atoms with Crippen LogP contribution in [0.3, 0.4) is 0 Å². The number of pyridine rings is 1. The molecule has 2 aromatic heterocycles. The minimum Gasteiger partial charge on any atom is -0.411 e. The molecule has 1 aliphatic heterocycles. The summed E-state index contributed by atoms with van der Waals surface area (Å²) in [4.78, 5) is 17.5. The van der Waals surface area contributed by atoms with Gasteiger partial charge in [0.05, 0.1) is 12.2 Å². The molecule has 0 unspecified atom stereocenters. The van der Waals surface area contributed by atoms with Crippen LogP contribution in [0.1, 0.15) is 17.5 Å². The molecule has 3 N–H and O–H groups in total. The first kappa shape index (κ1) is 33.2. The highest BCUT2D eigenvalue weighted by Crippen LogP contribution is 2.27. The molecule has 3 atom stereocenters. The molecule has 0 aliphatic carbocycles. The van der Waals surface area contributed by atoms with E-state index in [0.29, 0.717) is 65.3 Å². The highest BCUT2D eigenvalue weighted by atomic mass is 32.2. The van der Waals surface area contributed by atoms with Gasteiger partial charge in [0.25, 0.3) is 5.22 Å². The molecule has 48 heavy (non-hydrogen) atoms. The van der Waals surface area contributed by atoms with Gasteiger partial charge in [0, 0.05) is 60.2 Å². The molecule has 9 nitrogen and oxygen atoms in total. The molecule has 0 radical (unpaired) electrons. The number of nitrogens with one attached hydrogen (secondary N) is 3. The van der Waals surface area contributed by atoms with Crippen LogP contribution in [0.2, 0.25) is 0 Å². The number of rotatable bonds is 13. The standard InChI is InChI=1S/C35H33F3N6O3S/c36-24-6-4-22(5-7-24)18-32(33(45)41-26-10-8-25(37)9-11-26)42-31-3-1-2-30(38)29(31)13-12-27-19-40-20-28(46-27)21-48-35-44-43-34(47-35)23-14-16-39-17-15-23/h1-11,14-17,27-28,32,40,42H,12-13,18-21H2,(H,41,45)/t27-,28+,32+/m1/s1. The van der Waals surface area contributed by atoms with Crippen molar-refractivity contribution >= 4 is 29.0 Å². The van der Waals surface area contributed by atoms with E-state index in [-0.39, 0.29) is 18.6 Å². The van der Waals surface area contributed by atoms with Gasteiger partial charge in [-0.25, -0.2) is 13.2 Å². The number of amides is 1. The molecule has 1 aliphatic rings. The van der Waals surface area contributed by atoms with Crippen LogP contribution in [0.25, 0.3) is 11.5 Å². The Bertz CT molecular complexity index is 1790. The Morgan fingerprint density at radius 1 is 0.917 bits per heavy atom. The van der Waals surface area contributed by atoms with Gasteiger partial charge in [0.2, 0.25) is 11.8 Å². The minimum absolute atomic E-state index is 0.126. The Morgan fingerprint density at radius 2 is 1.65 bits per heavy atom. The number of hydrogen-bond donors (Lipinski definition) is 3. The maximum Gasteiger partial charge on any atom is 0.276 e. The van der Waals surface area contributed by atoms with Crippen LogP contribution in [-0.4, -0.2) is 58.2 Å². The smallest absolute Gasteiger partial charge is 0.276 e. The zero-order chi connectivity index (χ0) is 33.3. The number of carbonyl (C=O) groups excluding carboxylic acids is 1. The second kappa shape index (κ2) is 15.9. The number of ether oxygens (including phenoxy) is 1. The van der Waals surface area contributed by atoms with E-state index >= 15 is 4.39 Å². The van der Waals surface area contributed by atoms with Crippen LogP contribution < -0.4 is 16.0 Å². The lowest BCUT2D eigenvalue weighted by atomic mass is 10.0. The maximum atomic E-state index is 15.3. The lowest BCUT2D eigenvalue weighted by Crippen LogP contribution is -2.46. The van der Waals surface area contributed by atoms with Crippen molar-refractivity contribution in [2.45, 2.75) is 42.7 Å². The van der Waals surface area contributed by atoms with Crippen molar-refractivity contribution in [1.82, 2.24) is 20.5 Å². The molecule has 5 aromatic rings. The van der Waals surface area contributed by atoms with Gasteiger partial charge in [0.15, 0.2) is 0 Å². The average molecular weight is 675 g/mol. The van der Waals surface area contributed by atoms with Crippen LogP contribution >= 0.6 is 11.8 Å². The fourth-order valence-corrected chi connectivity index (χ4v) is 6.12. The summed E-state index contributed by atoms with van der Waals surface area (Å²) in [5.41, 5.74) is 2.80. The molecule has 0 saturated carbocycles. The molecule has 1 saturated heterocycles. The quantitative estimate of drug-likeness (QED) is 0.124. The number of nitrogens with zero attached hydrogens (tertiary/aromatic N) is 3. The van der Waals surface area contributed by atoms with Crippen molar-refractivity contribution in [1.29, 1.82) is 0 Å². The molecular weight excluding hydrogens is 641 g/mol. The summed E-state index contributed by atoms with van der Waals surface area (Å²) >= 11 is 1.41. The monoisotopic (exact) mass is 674 g/mol. The molecule has 1 amide bonds.